The molecule has 1 amide bonds. The van der Waals surface area contributed by atoms with Crippen molar-refractivity contribution in [2.45, 2.75) is 24.8 Å². The van der Waals surface area contributed by atoms with Crippen LogP contribution in [0.5, 0.6) is 0 Å². The zero-order valence-electron chi connectivity index (χ0n) is 9.10. The highest BCUT2D eigenvalue weighted by atomic mass is 32.1. The molecule has 1 aliphatic rings. The zero-order valence-corrected chi connectivity index (χ0v) is 9.92. The molecule has 4 N–H and O–H groups in total. The van der Waals surface area contributed by atoms with Gasteiger partial charge >= 0.3 is 5.97 Å². The Morgan fingerprint density at radius 2 is 2.29 bits per heavy atom. The fraction of sp³-hybridized carbons (Fsp3) is 0.500. The van der Waals surface area contributed by atoms with Gasteiger partial charge in [-0.3, -0.25) is 4.79 Å². The van der Waals surface area contributed by atoms with E-state index in [4.69, 9.17) is 10.8 Å². The summed E-state index contributed by atoms with van der Waals surface area (Å²) in [7, 11) is 0. The van der Waals surface area contributed by atoms with E-state index in [1.807, 2.05) is 0 Å². The van der Waals surface area contributed by atoms with Crippen LogP contribution in [-0.2, 0) is 11.2 Å². The van der Waals surface area contributed by atoms with Crippen molar-refractivity contribution < 1.29 is 14.7 Å². The van der Waals surface area contributed by atoms with Crippen LogP contribution in [0.3, 0.4) is 0 Å². The van der Waals surface area contributed by atoms with E-state index < -0.39 is 11.5 Å². The number of nitrogens with two attached hydrogens (primary N) is 1. The molecule has 0 aliphatic heterocycles. The third-order valence-corrected chi connectivity index (χ3v) is 3.54. The summed E-state index contributed by atoms with van der Waals surface area (Å²) in [5, 5.41) is 13.6. The number of hydrogen-bond acceptors (Lipinski definition) is 5. The molecule has 17 heavy (non-hydrogen) atoms. The largest absolute Gasteiger partial charge is 0.476 e. The highest BCUT2D eigenvalue weighted by Gasteiger charge is 2.45. The first-order valence-corrected chi connectivity index (χ1v) is 6.14. The average molecular weight is 255 g/mol. The van der Waals surface area contributed by atoms with Gasteiger partial charge in [0.25, 0.3) is 0 Å². The molecule has 1 fully saturated rings. The molecule has 1 heterocycles. The normalized spacial score (nSPS) is 16.5. The number of carbonyl (C=O) groups excluding carboxylic acids is 1. The summed E-state index contributed by atoms with van der Waals surface area (Å²) >= 11 is 1.28. The average Bonchev–Trinajstić information content (AvgIpc) is 2.86. The Labute approximate surface area is 102 Å². The van der Waals surface area contributed by atoms with E-state index in [9.17, 15) is 9.59 Å². The summed E-state index contributed by atoms with van der Waals surface area (Å²) in [6.45, 7) is 0.435. The third kappa shape index (κ3) is 2.80. The molecule has 7 heteroatoms. The van der Waals surface area contributed by atoms with E-state index >= 15 is 0 Å². The Morgan fingerprint density at radius 3 is 2.82 bits per heavy atom. The van der Waals surface area contributed by atoms with Gasteiger partial charge in [-0.05, 0) is 12.8 Å². The molecular weight excluding hydrogens is 242 g/mol. The number of carbonyl (C=O) groups is 2. The summed E-state index contributed by atoms with van der Waals surface area (Å²) in [6.07, 6.45) is 2.00. The van der Waals surface area contributed by atoms with Crippen LogP contribution in [0.25, 0.3) is 0 Å². The summed E-state index contributed by atoms with van der Waals surface area (Å²) in [5.41, 5.74) is 5.10. The molecule has 1 aliphatic carbocycles. The van der Waals surface area contributed by atoms with Crippen LogP contribution in [0.2, 0.25) is 0 Å². The molecule has 1 aromatic heterocycles. The Morgan fingerprint density at radius 1 is 1.59 bits per heavy atom. The van der Waals surface area contributed by atoms with Crippen LogP contribution in [0.4, 0.5) is 0 Å². The number of carboxylic acids is 1. The van der Waals surface area contributed by atoms with E-state index in [0.29, 0.717) is 18.0 Å². The van der Waals surface area contributed by atoms with E-state index in [1.165, 1.54) is 16.7 Å². The van der Waals surface area contributed by atoms with Crippen molar-refractivity contribution in [1.82, 2.24) is 10.3 Å². The number of aromatic carboxylic acids is 1. The second kappa shape index (κ2) is 4.42. The molecule has 1 saturated carbocycles. The first kappa shape index (κ1) is 12.0. The predicted octanol–water partition coefficient (Wildman–Crippen LogP) is -0.00870. The minimum absolute atomic E-state index is 0.0498. The van der Waals surface area contributed by atoms with Crippen molar-refractivity contribution in [3.63, 3.8) is 0 Å². The quantitative estimate of drug-likeness (QED) is 0.686. The molecule has 0 aromatic carbocycles. The van der Waals surface area contributed by atoms with Gasteiger partial charge in [0.2, 0.25) is 5.91 Å². The third-order valence-electron chi connectivity index (χ3n) is 2.64. The Hall–Kier alpha value is -1.47. The lowest BCUT2D eigenvalue weighted by Gasteiger charge is -2.08. The van der Waals surface area contributed by atoms with Gasteiger partial charge in [-0.25, -0.2) is 9.78 Å². The fourth-order valence-corrected chi connectivity index (χ4v) is 2.12. The summed E-state index contributed by atoms with van der Waals surface area (Å²) in [6, 6.07) is 0. The van der Waals surface area contributed by atoms with Crippen molar-refractivity contribution in [3.8, 4) is 0 Å². The lowest BCUT2D eigenvalue weighted by atomic mass is 10.2. The molecule has 0 spiro atoms. The van der Waals surface area contributed by atoms with Gasteiger partial charge in [-0.15, -0.1) is 11.3 Å². The second-order valence-electron chi connectivity index (χ2n) is 4.09. The second-order valence-corrected chi connectivity index (χ2v) is 5.04. The van der Waals surface area contributed by atoms with Gasteiger partial charge in [0, 0.05) is 18.3 Å². The van der Waals surface area contributed by atoms with Gasteiger partial charge in [-0.2, -0.15) is 0 Å². The van der Waals surface area contributed by atoms with Gasteiger partial charge < -0.3 is 16.2 Å². The smallest absolute Gasteiger partial charge is 0.355 e. The van der Waals surface area contributed by atoms with Crippen molar-refractivity contribution in [1.29, 1.82) is 0 Å². The fourth-order valence-electron chi connectivity index (χ4n) is 1.34. The molecule has 2 rings (SSSR count). The summed E-state index contributed by atoms with van der Waals surface area (Å²) < 4.78 is 0. The topological polar surface area (TPSA) is 105 Å². The van der Waals surface area contributed by atoms with E-state index in [0.717, 1.165) is 12.8 Å². The maximum Gasteiger partial charge on any atom is 0.355 e. The zero-order chi connectivity index (χ0) is 12.5. The van der Waals surface area contributed by atoms with Crippen LogP contribution >= 0.6 is 11.3 Å². The monoisotopic (exact) mass is 255 g/mol. The lowest BCUT2D eigenvalue weighted by molar-refractivity contribution is -0.123. The molecule has 0 radical (unpaired) electrons. The molecule has 6 nitrogen and oxygen atoms in total. The highest BCUT2D eigenvalue weighted by molar-refractivity contribution is 7.09. The lowest BCUT2D eigenvalue weighted by Crippen LogP contribution is -2.43. The maximum atomic E-state index is 11.5. The minimum Gasteiger partial charge on any atom is -0.476 e. The molecule has 0 bridgehead atoms. The Kier molecular flexibility index (Phi) is 3.12. The Bertz CT molecular complexity index is 453. The molecule has 0 unspecified atom stereocenters. The molecular formula is C10H13N3O3S. The first-order chi connectivity index (χ1) is 8.01. The molecule has 92 valence electrons. The standard InChI is InChI=1S/C10H13N3O3S/c11-10(2-3-10)9(16)12-4-1-7-13-6(5-17-7)8(14)15/h5H,1-4,11H2,(H,12,16)(H,14,15). The van der Waals surface area contributed by atoms with Gasteiger partial charge in [0.05, 0.1) is 10.5 Å². The van der Waals surface area contributed by atoms with Crippen LogP contribution in [0.1, 0.15) is 28.3 Å². The number of nitrogens with one attached hydrogen (secondary N) is 1. The first-order valence-electron chi connectivity index (χ1n) is 5.26. The van der Waals surface area contributed by atoms with Crippen molar-refractivity contribution in [3.05, 3.63) is 16.1 Å². The summed E-state index contributed by atoms with van der Waals surface area (Å²) in [4.78, 5) is 26.0. The SMILES string of the molecule is NC1(C(=O)NCCc2nc(C(=O)O)cs2)CC1. The van der Waals surface area contributed by atoms with E-state index in [1.54, 1.807) is 0 Å². The van der Waals surface area contributed by atoms with Crippen molar-refractivity contribution in [2.75, 3.05) is 6.54 Å². The number of amides is 1. The van der Waals surface area contributed by atoms with Crippen LogP contribution in [0, 0.1) is 0 Å². The number of aromatic nitrogens is 1. The van der Waals surface area contributed by atoms with Crippen LogP contribution in [0.15, 0.2) is 5.38 Å². The minimum atomic E-state index is -1.03. The number of nitrogens with zero attached hydrogens (tertiary/aromatic N) is 1. The highest BCUT2D eigenvalue weighted by Crippen LogP contribution is 2.31. The van der Waals surface area contributed by atoms with Gasteiger partial charge in [0.1, 0.15) is 0 Å². The molecule has 0 atom stereocenters. The Balaban J connectivity index is 1.78. The number of rotatable bonds is 5. The van der Waals surface area contributed by atoms with Crippen LogP contribution in [-0.4, -0.2) is 34.1 Å². The van der Waals surface area contributed by atoms with Crippen LogP contribution < -0.4 is 11.1 Å². The number of thiazole rings is 1. The maximum absolute atomic E-state index is 11.5. The number of carboxylic acid groups (broad SMARTS) is 1. The van der Waals surface area contributed by atoms with Gasteiger partial charge in [0.15, 0.2) is 5.69 Å². The predicted molar refractivity (Wildman–Crippen MR) is 61.9 cm³/mol. The van der Waals surface area contributed by atoms with Gasteiger partial charge in [-0.1, -0.05) is 0 Å². The van der Waals surface area contributed by atoms with Crippen molar-refractivity contribution in [2.24, 2.45) is 5.73 Å². The molecule has 0 saturated heterocycles. The van der Waals surface area contributed by atoms with E-state index in [2.05, 4.69) is 10.3 Å². The number of hydrogen-bond donors (Lipinski definition) is 3. The van der Waals surface area contributed by atoms with Crippen molar-refractivity contribution >= 4 is 23.2 Å². The molecule has 1 aromatic rings. The summed E-state index contributed by atoms with van der Waals surface area (Å²) in [5.74, 6) is -1.16. The van der Waals surface area contributed by atoms with E-state index in [-0.39, 0.29) is 11.6 Å².